The Morgan fingerprint density at radius 3 is 1.94 bits per heavy atom. The van der Waals surface area contributed by atoms with Crippen LogP contribution in [-0.2, 0) is 23.2 Å². The minimum Gasteiger partial charge on any atom is -0.353 e. The van der Waals surface area contributed by atoms with Gasteiger partial charge in [0, 0.05) is 31.5 Å². The quantitative estimate of drug-likeness (QED) is 0.394. The number of nitrogens with zero attached hydrogens (tertiary/aromatic N) is 3. The smallest absolute Gasteiger partial charge is 0.242 e. The number of rotatable bonds is 11. The fourth-order valence-corrected chi connectivity index (χ4v) is 4.19. The first-order chi connectivity index (χ1) is 16.4. The Balaban J connectivity index is 1.87. The van der Waals surface area contributed by atoms with Crippen LogP contribution in [0.4, 0.5) is 0 Å². The topological polar surface area (TPSA) is 45.6 Å². The molecule has 2 amide bonds. The van der Waals surface area contributed by atoms with Crippen LogP contribution < -0.4 is 0 Å². The molecule has 0 bridgehead atoms. The van der Waals surface area contributed by atoms with Crippen molar-refractivity contribution in [3.8, 4) is 0 Å². The SMILES string of the molecule is CCCCN(Cc1cccn1C)C(=O)CN(C(=O)C(c1ccccc1)c1ccccc1)C(C)C. The zero-order chi connectivity index (χ0) is 24.5. The van der Waals surface area contributed by atoms with Crippen molar-refractivity contribution in [1.29, 1.82) is 0 Å². The molecular weight excluding hydrogens is 422 g/mol. The van der Waals surface area contributed by atoms with Crippen molar-refractivity contribution in [2.24, 2.45) is 7.05 Å². The highest BCUT2D eigenvalue weighted by atomic mass is 16.2. The number of hydrogen-bond donors (Lipinski definition) is 0. The van der Waals surface area contributed by atoms with Gasteiger partial charge in [-0.3, -0.25) is 9.59 Å². The van der Waals surface area contributed by atoms with Gasteiger partial charge in [-0.25, -0.2) is 0 Å². The van der Waals surface area contributed by atoms with Gasteiger partial charge in [0.15, 0.2) is 0 Å². The summed E-state index contributed by atoms with van der Waals surface area (Å²) in [7, 11) is 1.99. The molecule has 0 radical (unpaired) electrons. The molecule has 0 fully saturated rings. The maximum absolute atomic E-state index is 14.0. The van der Waals surface area contributed by atoms with Crippen molar-refractivity contribution < 1.29 is 9.59 Å². The second-order valence-electron chi connectivity index (χ2n) is 9.09. The molecule has 3 rings (SSSR count). The van der Waals surface area contributed by atoms with Crippen LogP contribution in [0.3, 0.4) is 0 Å². The molecule has 5 heteroatoms. The van der Waals surface area contributed by atoms with Gasteiger partial charge in [0.2, 0.25) is 11.8 Å². The van der Waals surface area contributed by atoms with Crippen LogP contribution in [0.15, 0.2) is 79.0 Å². The molecule has 0 spiro atoms. The summed E-state index contributed by atoms with van der Waals surface area (Å²) in [6.45, 7) is 7.38. The Labute approximate surface area is 204 Å². The van der Waals surface area contributed by atoms with Crippen LogP contribution in [0.5, 0.6) is 0 Å². The van der Waals surface area contributed by atoms with E-state index in [1.54, 1.807) is 4.90 Å². The molecule has 180 valence electrons. The summed E-state index contributed by atoms with van der Waals surface area (Å²) in [4.78, 5) is 31.1. The Bertz CT molecular complexity index is 1000. The summed E-state index contributed by atoms with van der Waals surface area (Å²) in [5, 5.41) is 0. The van der Waals surface area contributed by atoms with Crippen LogP contribution in [0.1, 0.15) is 56.4 Å². The summed E-state index contributed by atoms with van der Waals surface area (Å²) in [5.74, 6) is -0.513. The van der Waals surface area contributed by atoms with E-state index in [0.717, 1.165) is 29.7 Å². The lowest BCUT2D eigenvalue weighted by Gasteiger charge is -2.33. The van der Waals surface area contributed by atoms with E-state index in [9.17, 15) is 9.59 Å². The van der Waals surface area contributed by atoms with Crippen molar-refractivity contribution in [2.75, 3.05) is 13.1 Å². The van der Waals surface area contributed by atoms with E-state index in [4.69, 9.17) is 0 Å². The number of unbranched alkanes of at least 4 members (excludes halogenated alkanes) is 1. The molecule has 0 aliphatic heterocycles. The predicted molar refractivity (Wildman–Crippen MR) is 137 cm³/mol. The maximum Gasteiger partial charge on any atom is 0.242 e. The molecule has 34 heavy (non-hydrogen) atoms. The number of aromatic nitrogens is 1. The van der Waals surface area contributed by atoms with E-state index in [1.165, 1.54) is 0 Å². The minimum absolute atomic E-state index is 0.0171. The third-order valence-corrected chi connectivity index (χ3v) is 6.26. The standard InChI is InChI=1S/C29H37N3O2/c1-5-6-20-31(21-26-18-13-19-30(26)4)27(33)22-32(23(2)3)29(34)28(24-14-9-7-10-15-24)25-16-11-8-12-17-25/h7-19,23,28H,5-6,20-22H2,1-4H3. The molecule has 3 aromatic rings. The number of carbonyl (C=O) groups excluding carboxylic acids is 2. The van der Waals surface area contributed by atoms with Crippen molar-refractivity contribution in [1.82, 2.24) is 14.4 Å². The lowest BCUT2D eigenvalue weighted by molar-refractivity contribution is -0.142. The monoisotopic (exact) mass is 459 g/mol. The largest absolute Gasteiger partial charge is 0.353 e. The van der Waals surface area contributed by atoms with Gasteiger partial charge in [-0.2, -0.15) is 0 Å². The second-order valence-corrected chi connectivity index (χ2v) is 9.09. The van der Waals surface area contributed by atoms with E-state index in [1.807, 2.05) is 109 Å². The average Bonchev–Trinajstić information content (AvgIpc) is 3.25. The first kappa shape index (κ1) is 25.3. The van der Waals surface area contributed by atoms with Gasteiger partial charge in [0.1, 0.15) is 6.54 Å². The molecule has 0 saturated carbocycles. The normalized spacial score (nSPS) is 11.1. The fraction of sp³-hybridized carbons (Fsp3) is 0.379. The average molecular weight is 460 g/mol. The summed E-state index contributed by atoms with van der Waals surface area (Å²) in [6, 6.07) is 23.6. The Morgan fingerprint density at radius 2 is 1.47 bits per heavy atom. The molecular formula is C29H37N3O2. The van der Waals surface area contributed by atoms with Crippen LogP contribution in [0, 0.1) is 0 Å². The van der Waals surface area contributed by atoms with E-state index < -0.39 is 5.92 Å². The molecule has 0 saturated heterocycles. The molecule has 0 aliphatic rings. The van der Waals surface area contributed by atoms with Gasteiger partial charge in [-0.1, -0.05) is 74.0 Å². The van der Waals surface area contributed by atoms with Gasteiger partial charge >= 0.3 is 0 Å². The number of amides is 2. The van der Waals surface area contributed by atoms with E-state index >= 15 is 0 Å². The van der Waals surface area contributed by atoms with Crippen LogP contribution >= 0.6 is 0 Å². The number of hydrogen-bond acceptors (Lipinski definition) is 2. The Morgan fingerprint density at radius 1 is 0.882 bits per heavy atom. The Kier molecular flexibility index (Phi) is 9.08. The summed E-state index contributed by atoms with van der Waals surface area (Å²) in [5.41, 5.74) is 2.95. The summed E-state index contributed by atoms with van der Waals surface area (Å²) < 4.78 is 2.04. The van der Waals surface area contributed by atoms with Crippen LogP contribution in [0.2, 0.25) is 0 Å². The molecule has 0 N–H and O–H groups in total. The van der Waals surface area contributed by atoms with Gasteiger partial charge in [0.25, 0.3) is 0 Å². The van der Waals surface area contributed by atoms with Crippen LogP contribution in [-0.4, -0.2) is 45.3 Å². The minimum atomic E-state index is -0.449. The molecule has 5 nitrogen and oxygen atoms in total. The van der Waals surface area contributed by atoms with Gasteiger partial charge < -0.3 is 14.4 Å². The highest BCUT2D eigenvalue weighted by molar-refractivity contribution is 5.91. The van der Waals surface area contributed by atoms with Gasteiger partial charge in [-0.15, -0.1) is 0 Å². The molecule has 1 heterocycles. The van der Waals surface area contributed by atoms with Crippen molar-refractivity contribution in [2.45, 2.75) is 52.1 Å². The van der Waals surface area contributed by atoms with E-state index in [2.05, 4.69) is 6.92 Å². The van der Waals surface area contributed by atoms with Crippen molar-refractivity contribution in [3.05, 3.63) is 95.8 Å². The molecule has 0 unspecified atom stereocenters. The fourth-order valence-electron chi connectivity index (χ4n) is 4.19. The lowest BCUT2D eigenvalue weighted by Crippen LogP contribution is -2.47. The summed E-state index contributed by atoms with van der Waals surface area (Å²) >= 11 is 0. The number of benzene rings is 2. The van der Waals surface area contributed by atoms with E-state index in [-0.39, 0.29) is 24.4 Å². The van der Waals surface area contributed by atoms with Crippen molar-refractivity contribution in [3.63, 3.8) is 0 Å². The summed E-state index contributed by atoms with van der Waals surface area (Å²) in [6.07, 6.45) is 3.93. The highest BCUT2D eigenvalue weighted by Gasteiger charge is 2.31. The molecule has 0 aliphatic carbocycles. The third-order valence-electron chi connectivity index (χ3n) is 6.26. The maximum atomic E-state index is 14.0. The highest BCUT2D eigenvalue weighted by Crippen LogP contribution is 2.27. The van der Waals surface area contributed by atoms with Crippen LogP contribution in [0.25, 0.3) is 0 Å². The molecule has 2 aromatic carbocycles. The zero-order valence-electron chi connectivity index (χ0n) is 20.9. The molecule has 1 aromatic heterocycles. The number of aryl methyl sites for hydroxylation is 1. The predicted octanol–water partition coefficient (Wildman–Crippen LogP) is 5.22. The lowest BCUT2D eigenvalue weighted by atomic mass is 9.89. The third kappa shape index (κ3) is 6.37. The second kappa shape index (κ2) is 12.2. The first-order valence-electron chi connectivity index (χ1n) is 12.2. The van der Waals surface area contributed by atoms with E-state index in [0.29, 0.717) is 13.1 Å². The zero-order valence-corrected chi connectivity index (χ0v) is 20.9. The molecule has 0 atom stereocenters. The van der Waals surface area contributed by atoms with Gasteiger partial charge in [0.05, 0.1) is 12.5 Å². The first-order valence-corrected chi connectivity index (χ1v) is 12.2. The van der Waals surface area contributed by atoms with Crippen molar-refractivity contribution >= 4 is 11.8 Å². The van der Waals surface area contributed by atoms with Gasteiger partial charge in [-0.05, 0) is 43.5 Å². The number of carbonyl (C=O) groups is 2. The Hall–Kier alpha value is -3.34.